The first kappa shape index (κ1) is 13.5. The lowest BCUT2D eigenvalue weighted by Crippen LogP contribution is -2.24. The van der Waals surface area contributed by atoms with E-state index in [1.54, 1.807) is 7.11 Å². The van der Waals surface area contributed by atoms with Gasteiger partial charge in [0.05, 0.1) is 7.11 Å². The van der Waals surface area contributed by atoms with Gasteiger partial charge in [-0.3, -0.25) is 0 Å². The SMILES string of the molecule is COc1c(C)cc(CC(OC)C(=O)O)cc1C. The maximum Gasteiger partial charge on any atom is 0.333 e. The molecule has 1 atom stereocenters. The Bertz CT molecular complexity index is 389. The third-order valence-electron chi connectivity index (χ3n) is 2.71. The maximum absolute atomic E-state index is 10.9. The Hall–Kier alpha value is -1.55. The van der Waals surface area contributed by atoms with Crippen LogP contribution in [0.3, 0.4) is 0 Å². The van der Waals surface area contributed by atoms with Gasteiger partial charge in [-0.2, -0.15) is 0 Å². The van der Waals surface area contributed by atoms with Crippen LogP contribution in [0.25, 0.3) is 0 Å². The van der Waals surface area contributed by atoms with Crippen LogP contribution in [0.4, 0.5) is 0 Å². The van der Waals surface area contributed by atoms with Crippen molar-refractivity contribution in [2.45, 2.75) is 26.4 Å². The first-order chi connectivity index (χ1) is 7.99. The van der Waals surface area contributed by atoms with Gasteiger partial charge in [-0.25, -0.2) is 4.79 Å². The zero-order valence-electron chi connectivity index (χ0n) is 10.6. The van der Waals surface area contributed by atoms with Gasteiger partial charge in [0.1, 0.15) is 5.75 Å². The van der Waals surface area contributed by atoms with Crippen LogP contribution >= 0.6 is 0 Å². The first-order valence-corrected chi connectivity index (χ1v) is 5.39. The molecular formula is C13H18O4. The summed E-state index contributed by atoms with van der Waals surface area (Å²) in [5.74, 6) is -0.100. The summed E-state index contributed by atoms with van der Waals surface area (Å²) in [5, 5.41) is 8.92. The Labute approximate surface area is 101 Å². The molecule has 0 aliphatic carbocycles. The molecule has 4 nitrogen and oxygen atoms in total. The predicted molar refractivity (Wildman–Crippen MR) is 64.6 cm³/mol. The number of carboxylic acid groups (broad SMARTS) is 1. The van der Waals surface area contributed by atoms with Gasteiger partial charge >= 0.3 is 5.97 Å². The molecule has 0 spiro atoms. The summed E-state index contributed by atoms with van der Waals surface area (Å²) in [6.45, 7) is 3.88. The molecule has 0 heterocycles. The van der Waals surface area contributed by atoms with E-state index in [4.69, 9.17) is 14.6 Å². The second-order valence-electron chi connectivity index (χ2n) is 4.03. The van der Waals surface area contributed by atoms with Crippen LogP contribution in [0.5, 0.6) is 5.75 Å². The van der Waals surface area contributed by atoms with Crippen molar-refractivity contribution in [2.24, 2.45) is 0 Å². The average molecular weight is 238 g/mol. The molecule has 1 aromatic carbocycles. The number of hydrogen-bond acceptors (Lipinski definition) is 3. The fraction of sp³-hybridized carbons (Fsp3) is 0.462. The van der Waals surface area contributed by atoms with E-state index in [-0.39, 0.29) is 0 Å². The minimum Gasteiger partial charge on any atom is -0.496 e. The van der Waals surface area contributed by atoms with E-state index >= 15 is 0 Å². The second kappa shape index (κ2) is 5.68. The van der Waals surface area contributed by atoms with Crippen LogP contribution in [-0.4, -0.2) is 31.4 Å². The van der Waals surface area contributed by atoms with Gasteiger partial charge in [0.25, 0.3) is 0 Å². The van der Waals surface area contributed by atoms with Crippen LogP contribution in [0, 0.1) is 13.8 Å². The molecular weight excluding hydrogens is 220 g/mol. The van der Waals surface area contributed by atoms with Crippen LogP contribution in [0.1, 0.15) is 16.7 Å². The van der Waals surface area contributed by atoms with Crippen molar-refractivity contribution < 1.29 is 19.4 Å². The molecule has 0 bridgehead atoms. The number of benzene rings is 1. The quantitative estimate of drug-likeness (QED) is 0.852. The molecule has 1 unspecified atom stereocenters. The fourth-order valence-electron chi connectivity index (χ4n) is 1.97. The van der Waals surface area contributed by atoms with Crippen LogP contribution in [0.15, 0.2) is 12.1 Å². The largest absolute Gasteiger partial charge is 0.496 e. The molecule has 0 aliphatic heterocycles. The van der Waals surface area contributed by atoms with Crippen molar-refractivity contribution in [3.8, 4) is 5.75 Å². The molecule has 0 aromatic heterocycles. The lowest BCUT2D eigenvalue weighted by Gasteiger charge is -2.14. The second-order valence-corrected chi connectivity index (χ2v) is 4.03. The van der Waals surface area contributed by atoms with E-state index in [0.717, 1.165) is 22.4 Å². The number of ether oxygens (including phenoxy) is 2. The molecule has 17 heavy (non-hydrogen) atoms. The van der Waals surface area contributed by atoms with Crippen LogP contribution in [-0.2, 0) is 16.0 Å². The Balaban J connectivity index is 2.97. The van der Waals surface area contributed by atoms with E-state index < -0.39 is 12.1 Å². The summed E-state index contributed by atoms with van der Waals surface area (Å²) in [7, 11) is 3.03. The van der Waals surface area contributed by atoms with Crippen molar-refractivity contribution in [1.82, 2.24) is 0 Å². The monoisotopic (exact) mass is 238 g/mol. The minimum absolute atomic E-state index is 0.359. The fourth-order valence-corrected chi connectivity index (χ4v) is 1.97. The van der Waals surface area contributed by atoms with Crippen molar-refractivity contribution in [1.29, 1.82) is 0 Å². The molecule has 94 valence electrons. The molecule has 0 saturated carbocycles. The highest BCUT2D eigenvalue weighted by molar-refractivity contribution is 5.72. The zero-order valence-corrected chi connectivity index (χ0v) is 10.6. The van der Waals surface area contributed by atoms with Gasteiger partial charge in [0, 0.05) is 13.5 Å². The summed E-state index contributed by atoms with van der Waals surface area (Å²) in [6.07, 6.45) is -0.445. The number of carboxylic acids is 1. The Morgan fingerprint density at radius 2 is 1.82 bits per heavy atom. The number of methoxy groups -OCH3 is 2. The van der Waals surface area contributed by atoms with Gasteiger partial charge in [0.15, 0.2) is 6.10 Å². The lowest BCUT2D eigenvalue weighted by molar-refractivity contribution is -0.148. The Morgan fingerprint density at radius 3 is 2.18 bits per heavy atom. The third-order valence-corrected chi connectivity index (χ3v) is 2.71. The van der Waals surface area contributed by atoms with Gasteiger partial charge in [0.2, 0.25) is 0 Å². The highest BCUT2D eigenvalue weighted by atomic mass is 16.5. The summed E-state index contributed by atoms with van der Waals surface area (Å²) >= 11 is 0. The number of hydrogen-bond donors (Lipinski definition) is 1. The summed E-state index contributed by atoms with van der Waals surface area (Å²) in [5.41, 5.74) is 2.94. The van der Waals surface area contributed by atoms with Gasteiger partial charge in [-0.15, -0.1) is 0 Å². The average Bonchev–Trinajstić information content (AvgIpc) is 2.25. The topological polar surface area (TPSA) is 55.8 Å². The number of aliphatic carboxylic acids is 1. The molecule has 0 aliphatic rings. The van der Waals surface area contributed by atoms with Crippen molar-refractivity contribution >= 4 is 5.97 Å². The predicted octanol–water partition coefficient (Wildman–Crippen LogP) is 1.95. The number of aryl methyl sites for hydroxylation is 2. The molecule has 4 heteroatoms. The maximum atomic E-state index is 10.9. The highest BCUT2D eigenvalue weighted by Crippen LogP contribution is 2.25. The van der Waals surface area contributed by atoms with Crippen LogP contribution < -0.4 is 4.74 Å². The smallest absolute Gasteiger partial charge is 0.333 e. The number of carbonyl (C=O) groups is 1. The molecule has 0 saturated heterocycles. The lowest BCUT2D eigenvalue weighted by atomic mass is 10.0. The van der Waals surface area contributed by atoms with E-state index in [0.29, 0.717) is 6.42 Å². The van der Waals surface area contributed by atoms with E-state index in [1.165, 1.54) is 7.11 Å². The highest BCUT2D eigenvalue weighted by Gasteiger charge is 2.17. The van der Waals surface area contributed by atoms with Crippen molar-refractivity contribution in [3.63, 3.8) is 0 Å². The van der Waals surface area contributed by atoms with Crippen molar-refractivity contribution in [2.75, 3.05) is 14.2 Å². The van der Waals surface area contributed by atoms with E-state index in [9.17, 15) is 4.79 Å². The molecule has 1 aromatic rings. The first-order valence-electron chi connectivity index (χ1n) is 5.39. The van der Waals surface area contributed by atoms with E-state index in [1.807, 2.05) is 26.0 Å². The summed E-state index contributed by atoms with van der Waals surface area (Å²) in [6, 6.07) is 3.86. The normalized spacial score (nSPS) is 12.2. The Kier molecular flexibility index (Phi) is 4.52. The molecule has 0 fully saturated rings. The Morgan fingerprint density at radius 1 is 1.29 bits per heavy atom. The zero-order chi connectivity index (χ0) is 13.0. The molecule has 1 N–H and O–H groups in total. The molecule has 0 radical (unpaired) electrons. The minimum atomic E-state index is -0.946. The van der Waals surface area contributed by atoms with E-state index in [2.05, 4.69) is 0 Å². The third kappa shape index (κ3) is 3.20. The summed E-state index contributed by atoms with van der Waals surface area (Å²) < 4.78 is 10.2. The number of rotatable bonds is 5. The molecule has 0 amide bonds. The summed E-state index contributed by atoms with van der Waals surface area (Å²) in [4.78, 5) is 10.9. The van der Waals surface area contributed by atoms with Crippen molar-refractivity contribution in [3.05, 3.63) is 28.8 Å². The standard InChI is InChI=1S/C13H18O4/c1-8-5-10(6-9(2)12(8)17-4)7-11(16-3)13(14)15/h5-6,11H,7H2,1-4H3,(H,14,15). The van der Waals surface area contributed by atoms with Crippen LogP contribution in [0.2, 0.25) is 0 Å². The van der Waals surface area contributed by atoms with Gasteiger partial charge in [-0.1, -0.05) is 12.1 Å². The van der Waals surface area contributed by atoms with Gasteiger partial charge in [-0.05, 0) is 30.5 Å². The van der Waals surface area contributed by atoms with Gasteiger partial charge < -0.3 is 14.6 Å². The molecule has 1 rings (SSSR count).